The Labute approximate surface area is 151 Å². The third-order valence-corrected chi connectivity index (χ3v) is 4.08. The first-order valence-electron chi connectivity index (χ1n) is 8.39. The minimum absolute atomic E-state index is 0.0157. The molecule has 26 heavy (non-hydrogen) atoms. The van der Waals surface area contributed by atoms with Gasteiger partial charge in [-0.3, -0.25) is 19.3 Å². The van der Waals surface area contributed by atoms with Crippen molar-refractivity contribution in [2.45, 2.75) is 20.0 Å². The summed E-state index contributed by atoms with van der Waals surface area (Å²) in [5.41, 5.74) is 1.85. The summed E-state index contributed by atoms with van der Waals surface area (Å²) in [4.78, 5) is 37.7. The van der Waals surface area contributed by atoms with Crippen molar-refractivity contribution in [3.8, 4) is 5.75 Å². The third kappa shape index (κ3) is 3.74. The number of carbonyl (C=O) groups excluding carboxylic acids is 3. The van der Waals surface area contributed by atoms with E-state index in [0.717, 1.165) is 10.5 Å². The average Bonchev–Trinajstić information content (AvgIpc) is 2.65. The Balaban J connectivity index is 1.64. The number of hydrogen-bond donors (Lipinski definition) is 0. The zero-order valence-electron chi connectivity index (χ0n) is 14.4. The molecule has 6 nitrogen and oxygen atoms in total. The number of benzene rings is 2. The van der Waals surface area contributed by atoms with Crippen LogP contribution in [0.25, 0.3) is 0 Å². The Bertz CT molecular complexity index is 846. The predicted molar refractivity (Wildman–Crippen MR) is 93.6 cm³/mol. The molecular weight excluding hydrogens is 334 g/mol. The van der Waals surface area contributed by atoms with E-state index in [-0.39, 0.29) is 13.0 Å². The van der Waals surface area contributed by atoms with Crippen LogP contribution in [0.3, 0.4) is 0 Å². The topological polar surface area (TPSA) is 72.9 Å². The van der Waals surface area contributed by atoms with Crippen molar-refractivity contribution in [1.82, 2.24) is 4.90 Å². The van der Waals surface area contributed by atoms with Crippen LogP contribution in [-0.2, 0) is 27.4 Å². The van der Waals surface area contributed by atoms with Crippen molar-refractivity contribution in [1.29, 1.82) is 0 Å². The molecule has 0 atom stereocenters. The maximum atomic E-state index is 12.5. The largest absolute Gasteiger partial charge is 0.493 e. The van der Waals surface area contributed by atoms with Gasteiger partial charge in [-0.15, -0.1) is 0 Å². The number of esters is 1. The van der Waals surface area contributed by atoms with Gasteiger partial charge in [0.05, 0.1) is 13.0 Å². The van der Waals surface area contributed by atoms with Crippen LogP contribution in [0.5, 0.6) is 5.75 Å². The van der Waals surface area contributed by atoms with Crippen molar-refractivity contribution in [2.75, 3.05) is 13.2 Å². The van der Waals surface area contributed by atoms with Crippen LogP contribution in [0.4, 0.5) is 0 Å². The summed E-state index contributed by atoms with van der Waals surface area (Å²) >= 11 is 0. The van der Waals surface area contributed by atoms with Crippen LogP contribution in [0.1, 0.15) is 28.4 Å². The SMILES string of the molecule is CCOc1ccccc1COC(=O)CN1C(=O)Cc2ccccc2C1=O. The van der Waals surface area contributed by atoms with Gasteiger partial charge < -0.3 is 9.47 Å². The molecule has 0 fully saturated rings. The molecule has 0 bridgehead atoms. The lowest BCUT2D eigenvalue weighted by atomic mass is 9.98. The van der Waals surface area contributed by atoms with Crippen molar-refractivity contribution < 1.29 is 23.9 Å². The average molecular weight is 353 g/mol. The van der Waals surface area contributed by atoms with Crippen molar-refractivity contribution in [3.05, 3.63) is 65.2 Å². The molecule has 2 amide bonds. The van der Waals surface area contributed by atoms with Crippen LogP contribution in [-0.4, -0.2) is 35.8 Å². The first-order chi connectivity index (χ1) is 12.6. The first-order valence-corrected chi connectivity index (χ1v) is 8.39. The molecule has 0 aromatic heterocycles. The Kier molecular flexibility index (Phi) is 5.31. The molecule has 134 valence electrons. The first kappa shape index (κ1) is 17.7. The van der Waals surface area contributed by atoms with Crippen molar-refractivity contribution in [3.63, 3.8) is 0 Å². The molecule has 0 radical (unpaired) electrons. The third-order valence-electron chi connectivity index (χ3n) is 4.08. The minimum Gasteiger partial charge on any atom is -0.493 e. The monoisotopic (exact) mass is 353 g/mol. The number of imide groups is 1. The zero-order valence-corrected chi connectivity index (χ0v) is 14.4. The number of ether oxygens (including phenoxy) is 2. The second-order valence-electron chi connectivity index (χ2n) is 5.82. The number of para-hydroxylation sites is 1. The quantitative estimate of drug-likeness (QED) is 0.589. The summed E-state index contributed by atoms with van der Waals surface area (Å²) in [5, 5.41) is 0. The summed E-state index contributed by atoms with van der Waals surface area (Å²) in [6, 6.07) is 14.1. The van der Waals surface area contributed by atoms with E-state index in [9.17, 15) is 14.4 Å². The second kappa shape index (κ2) is 7.82. The van der Waals surface area contributed by atoms with Gasteiger partial charge >= 0.3 is 5.97 Å². The molecule has 1 aliphatic rings. The molecular formula is C20H19NO5. The van der Waals surface area contributed by atoms with Crippen LogP contribution in [0.15, 0.2) is 48.5 Å². The van der Waals surface area contributed by atoms with Crippen molar-refractivity contribution in [2.24, 2.45) is 0 Å². The van der Waals surface area contributed by atoms with E-state index < -0.39 is 24.3 Å². The summed E-state index contributed by atoms with van der Waals surface area (Å²) in [6.07, 6.45) is 0.0996. The smallest absolute Gasteiger partial charge is 0.326 e. The summed E-state index contributed by atoms with van der Waals surface area (Å²) < 4.78 is 10.7. The van der Waals surface area contributed by atoms with Crippen LogP contribution < -0.4 is 4.74 Å². The van der Waals surface area contributed by atoms with E-state index in [1.165, 1.54) is 0 Å². The molecule has 0 unspecified atom stereocenters. The fourth-order valence-electron chi connectivity index (χ4n) is 2.81. The summed E-state index contributed by atoms with van der Waals surface area (Å²) in [6.45, 7) is 1.99. The molecule has 2 aromatic carbocycles. The minimum atomic E-state index is -0.641. The van der Waals surface area contributed by atoms with Gasteiger partial charge in [0.2, 0.25) is 5.91 Å². The normalized spacial score (nSPS) is 13.3. The van der Waals surface area contributed by atoms with E-state index in [0.29, 0.717) is 23.5 Å². The number of hydrogen-bond acceptors (Lipinski definition) is 5. The lowest BCUT2D eigenvalue weighted by Gasteiger charge is -2.25. The van der Waals surface area contributed by atoms with E-state index in [4.69, 9.17) is 9.47 Å². The Morgan fingerprint density at radius 2 is 1.81 bits per heavy atom. The number of nitrogens with zero attached hydrogens (tertiary/aromatic N) is 1. The maximum absolute atomic E-state index is 12.5. The van der Waals surface area contributed by atoms with Gasteiger partial charge in [0.1, 0.15) is 18.9 Å². The molecule has 3 rings (SSSR count). The van der Waals surface area contributed by atoms with Gasteiger partial charge in [-0.25, -0.2) is 0 Å². The maximum Gasteiger partial charge on any atom is 0.326 e. The molecule has 0 spiro atoms. The molecule has 0 saturated carbocycles. The van der Waals surface area contributed by atoms with Gasteiger partial charge in [-0.2, -0.15) is 0 Å². The molecule has 1 aliphatic heterocycles. The highest BCUT2D eigenvalue weighted by Crippen LogP contribution is 2.21. The Hall–Kier alpha value is -3.15. The van der Waals surface area contributed by atoms with Crippen LogP contribution in [0.2, 0.25) is 0 Å². The number of rotatable bonds is 6. The van der Waals surface area contributed by atoms with Gasteiger partial charge in [0.25, 0.3) is 5.91 Å². The highest BCUT2D eigenvalue weighted by atomic mass is 16.5. The molecule has 0 saturated heterocycles. The zero-order chi connectivity index (χ0) is 18.5. The van der Waals surface area contributed by atoms with E-state index >= 15 is 0 Å². The van der Waals surface area contributed by atoms with E-state index in [1.807, 2.05) is 19.1 Å². The van der Waals surface area contributed by atoms with Crippen LogP contribution in [0, 0.1) is 0 Å². The molecule has 6 heteroatoms. The van der Waals surface area contributed by atoms with E-state index in [2.05, 4.69) is 0 Å². The fourth-order valence-corrected chi connectivity index (χ4v) is 2.81. The number of fused-ring (bicyclic) bond motifs is 1. The highest BCUT2D eigenvalue weighted by Gasteiger charge is 2.32. The Morgan fingerprint density at radius 3 is 2.62 bits per heavy atom. The standard InChI is InChI=1S/C20H19NO5/c1-2-25-17-10-6-4-8-15(17)13-26-19(23)12-21-18(22)11-14-7-3-5-9-16(14)20(21)24/h3-10H,2,11-13H2,1H3. The molecule has 0 N–H and O–H groups in total. The predicted octanol–water partition coefficient (Wildman–Crippen LogP) is 2.35. The summed E-state index contributed by atoms with van der Waals surface area (Å²) in [7, 11) is 0. The van der Waals surface area contributed by atoms with Crippen molar-refractivity contribution >= 4 is 17.8 Å². The lowest BCUT2D eigenvalue weighted by Crippen LogP contribution is -2.45. The second-order valence-corrected chi connectivity index (χ2v) is 5.82. The number of amides is 2. The van der Waals surface area contributed by atoms with E-state index in [1.54, 1.807) is 36.4 Å². The molecule has 2 aromatic rings. The van der Waals surface area contributed by atoms with Crippen LogP contribution >= 0.6 is 0 Å². The van der Waals surface area contributed by atoms with Gasteiger partial charge in [0.15, 0.2) is 0 Å². The summed E-state index contributed by atoms with van der Waals surface area (Å²) in [5.74, 6) is -0.872. The Morgan fingerprint density at radius 1 is 1.08 bits per heavy atom. The number of carbonyl (C=O) groups is 3. The molecule has 0 aliphatic carbocycles. The fraction of sp³-hybridized carbons (Fsp3) is 0.250. The highest BCUT2D eigenvalue weighted by molar-refractivity contribution is 6.11. The molecule has 1 heterocycles. The van der Waals surface area contributed by atoms with Gasteiger partial charge in [0, 0.05) is 11.1 Å². The van der Waals surface area contributed by atoms with Gasteiger partial charge in [-0.1, -0.05) is 36.4 Å². The van der Waals surface area contributed by atoms with Gasteiger partial charge in [-0.05, 0) is 24.6 Å². The lowest BCUT2D eigenvalue weighted by molar-refractivity contribution is -0.149.